The lowest BCUT2D eigenvalue weighted by Gasteiger charge is -1.96. The van der Waals surface area contributed by atoms with E-state index in [1.54, 1.807) is 0 Å². The topological polar surface area (TPSA) is 90.9 Å². The van der Waals surface area contributed by atoms with E-state index >= 15 is 0 Å². The van der Waals surface area contributed by atoms with E-state index in [1.807, 2.05) is 0 Å². The van der Waals surface area contributed by atoms with Crippen molar-refractivity contribution in [2.24, 2.45) is 0 Å². The van der Waals surface area contributed by atoms with Gasteiger partial charge in [-0.3, -0.25) is 4.79 Å². The summed E-state index contributed by atoms with van der Waals surface area (Å²) in [6.07, 6.45) is 0.434. The van der Waals surface area contributed by atoms with Crippen LogP contribution in [0.3, 0.4) is 0 Å². The van der Waals surface area contributed by atoms with E-state index in [9.17, 15) is 4.79 Å². The van der Waals surface area contributed by atoms with E-state index in [4.69, 9.17) is 19.7 Å². The second-order valence-electron chi connectivity index (χ2n) is 2.44. The van der Waals surface area contributed by atoms with Crippen molar-refractivity contribution in [2.75, 3.05) is 0 Å². The highest BCUT2D eigenvalue weighted by molar-refractivity contribution is 5.74. The molecular weight excluding hydrogens is 176 g/mol. The molecule has 0 unspecified atom stereocenters. The fraction of sp³-hybridized carbons (Fsp3) is 0.375. The second-order valence-corrected chi connectivity index (χ2v) is 2.44. The van der Waals surface area contributed by atoms with Gasteiger partial charge in [0.25, 0.3) is 0 Å². The maximum Gasteiger partial charge on any atom is 0.185 e. The quantitative estimate of drug-likeness (QED) is 0.555. The highest BCUT2D eigenvalue weighted by Crippen LogP contribution is 2.21. The van der Waals surface area contributed by atoms with Gasteiger partial charge in [-0.2, -0.15) is 0 Å². The van der Waals surface area contributed by atoms with Crippen molar-refractivity contribution >= 4 is 6.29 Å². The minimum atomic E-state index is -0.406. The Bertz CT molecular complexity index is 302. The average molecular weight is 186 g/mol. The van der Waals surface area contributed by atoms with Crippen molar-refractivity contribution in [3.8, 4) is 0 Å². The molecule has 0 spiro atoms. The summed E-state index contributed by atoms with van der Waals surface area (Å²) in [6.45, 7) is -1.17. The lowest BCUT2D eigenvalue weighted by atomic mass is 10.1. The first-order valence-corrected chi connectivity index (χ1v) is 3.69. The zero-order valence-electron chi connectivity index (χ0n) is 6.86. The molecule has 5 nitrogen and oxygen atoms in total. The Balaban J connectivity index is 3.25. The van der Waals surface area contributed by atoms with Crippen LogP contribution in [0.15, 0.2) is 4.42 Å². The van der Waals surface area contributed by atoms with Crippen LogP contribution in [0.4, 0.5) is 0 Å². The third-order valence-corrected chi connectivity index (χ3v) is 1.80. The maximum absolute atomic E-state index is 10.4. The zero-order valence-corrected chi connectivity index (χ0v) is 6.86. The molecule has 0 amide bonds. The third kappa shape index (κ3) is 1.62. The largest absolute Gasteiger partial charge is 0.455 e. The van der Waals surface area contributed by atoms with Crippen LogP contribution >= 0.6 is 0 Å². The Hall–Kier alpha value is -1.17. The number of aldehydes is 1. The molecule has 0 saturated heterocycles. The molecule has 0 aliphatic carbocycles. The molecule has 0 fully saturated rings. The summed E-state index contributed by atoms with van der Waals surface area (Å²) >= 11 is 0. The average Bonchev–Trinajstić information content (AvgIpc) is 2.54. The van der Waals surface area contributed by atoms with Gasteiger partial charge in [0, 0.05) is 11.1 Å². The smallest absolute Gasteiger partial charge is 0.185 e. The second kappa shape index (κ2) is 4.18. The van der Waals surface area contributed by atoms with Crippen LogP contribution < -0.4 is 0 Å². The fourth-order valence-electron chi connectivity index (χ4n) is 1.15. The van der Waals surface area contributed by atoms with Gasteiger partial charge in [-0.05, 0) is 0 Å². The van der Waals surface area contributed by atoms with Gasteiger partial charge < -0.3 is 19.7 Å². The molecule has 1 aromatic heterocycles. The first-order chi connectivity index (χ1) is 6.28. The Morgan fingerprint density at radius 1 is 1.08 bits per heavy atom. The Labute approximate surface area is 74.2 Å². The van der Waals surface area contributed by atoms with Crippen LogP contribution in [0.25, 0.3) is 0 Å². The summed E-state index contributed by atoms with van der Waals surface area (Å²) in [6, 6.07) is 0. The van der Waals surface area contributed by atoms with Crippen LogP contribution in [0.1, 0.15) is 27.4 Å². The highest BCUT2D eigenvalue weighted by atomic mass is 16.4. The molecule has 72 valence electrons. The summed E-state index contributed by atoms with van der Waals surface area (Å²) in [7, 11) is 0. The zero-order chi connectivity index (χ0) is 9.84. The van der Waals surface area contributed by atoms with Gasteiger partial charge in [0.1, 0.15) is 12.4 Å². The van der Waals surface area contributed by atoms with Crippen molar-refractivity contribution in [2.45, 2.75) is 19.8 Å². The molecule has 0 saturated carbocycles. The van der Waals surface area contributed by atoms with E-state index in [-0.39, 0.29) is 29.3 Å². The molecule has 3 N–H and O–H groups in total. The first-order valence-electron chi connectivity index (χ1n) is 3.69. The van der Waals surface area contributed by atoms with Gasteiger partial charge in [-0.25, -0.2) is 0 Å². The molecule has 1 rings (SSSR count). The number of hydrogen-bond acceptors (Lipinski definition) is 5. The molecule has 0 aromatic carbocycles. The SMILES string of the molecule is O=Cc1oc(CO)c(CO)c1CO. The molecule has 0 aliphatic rings. The van der Waals surface area contributed by atoms with Crippen LogP contribution in [0.5, 0.6) is 0 Å². The Kier molecular flexibility index (Phi) is 3.18. The Morgan fingerprint density at radius 3 is 2.08 bits per heavy atom. The van der Waals surface area contributed by atoms with Gasteiger partial charge in [-0.15, -0.1) is 0 Å². The molecule has 0 radical (unpaired) electrons. The molecular formula is C8H10O5. The Morgan fingerprint density at radius 2 is 1.69 bits per heavy atom. The molecule has 1 heterocycles. The maximum atomic E-state index is 10.4. The molecule has 0 bridgehead atoms. The predicted molar refractivity (Wildman–Crippen MR) is 41.9 cm³/mol. The molecule has 0 atom stereocenters. The summed E-state index contributed by atoms with van der Waals surface area (Å²) in [5.74, 6) is 0.0734. The van der Waals surface area contributed by atoms with E-state index in [1.165, 1.54) is 0 Å². The standard InChI is InChI=1S/C8H10O5/c9-1-5-6(2-10)8(4-12)13-7(5)3-11/h3,9-10,12H,1-2,4H2. The number of hydrogen-bond donors (Lipinski definition) is 3. The summed E-state index contributed by atoms with van der Waals surface area (Å²) in [5, 5.41) is 26.5. The van der Waals surface area contributed by atoms with Crippen molar-refractivity contribution in [1.82, 2.24) is 0 Å². The van der Waals surface area contributed by atoms with Crippen LogP contribution in [-0.2, 0) is 19.8 Å². The molecule has 0 aliphatic heterocycles. The van der Waals surface area contributed by atoms with Crippen molar-refractivity contribution in [1.29, 1.82) is 0 Å². The van der Waals surface area contributed by atoms with Crippen LogP contribution in [-0.4, -0.2) is 21.6 Å². The first kappa shape index (κ1) is 9.91. The highest BCUT2D eigenvalue weighted by Gasteiger charge is 2.17. The number of aliphatic hydroxyl groups is 3. The minimum Gasteiger partial charge on any atom is -0.455 e. The molecule has 13 heavy (non-hydrogen) atoms. The van der Waals surface area contributed by atoms with Gasteiger partial charge in [0.2, 0.25) is 0 Å². The van der Waals surface area contributed by atoms with Crippen molar-refractivity contribution in [3.05, 3.63) is 22.6 Å². The van der Waals surface area contributed by atoms with Crippen LogP contribution in [0.2, 0.25) is 0 Å². The van der Waals surface area contributed by atoms with Crippen molar-refractivity contribution in [3.63, 3.8) is 0 Å². The lowest BCUT2D eigenvalue weighted by Crippen LogP contribution is -1.95. The summed E-state index contributed by atoms with van der Waals surface area (Å²) < 4.78 is 4.89. The van der Waals surface area contributed by atoms with Gasteiger partial charge in [-0.1, -0.05) is 0 Å². The van der Waals surface area contributed by atoms with E-state index < -0.39 is 13.2 Å². The number of rotatable bonds is 4. The van der Waals surface area contributed by atoms with Gasteiger partial charge >= 0.3 is 0 Å². The number of furan rings is 1. The number of carbonyl (C=O) groups excluding carboxylic acids is 1. The summed E-state index contributed by atoms with van der Waals surface area (Å²) in [4.78, 5) is 10.4. The van der Waals surface area contributed by atoms with Gasteiger partial charge in [0.15, 0.2) is 12.0 Å². The summed E-state index contributed by atoms with van der Waals surface area (Å²) in [5.41, 5.74) is 0.522. The normalized spacial score (nSPS) is 10.4. The number of carbonyl (C=O) groups is 1. The molecule has 5 heteroatoms. The fourth-order valence-corrected chi connectivity index (χ4v) is 1.15. The monoisotopic (exact) mass is 186 g/mol. The van der Waals surface area contributed by atoms with E-state index in [0.29, 0.717) is 6.29 Å². The van der Waals surface area contributed by atoms with E-state index in [2.05, 4.69) is 0 Å². The minimum absolute atomic E-state index is 0.0457. The number of aliphatic hydroxyl groups excluding tert-OH is 3. The van der Waals surface area contributed by atoms with E-state index in [0.717, 1.165) is 0 Å². The van der Waals surface area contributed by atoms with Gasteiger partial charge in [0.05, 0.1) is 13.2 Å². The van der Waals surface area contributed by atoms with Crippen LogP contribution in [0, 0.1) is 0 Å². The molecule has 1 aromatic rings. The van der Waals surface area contributed by atoms with Crippen molar-refractivity contribution < 1.29 is 24.5 Å². The third-order valence-electron chi connectivity index (χ3n) is 1.80. The predicted octanol–water partition coefficient (Wildman–Crippen LogP) is -0.431. The lowest BCUT2D eigenvalue weighted by molar-refractivity contribution is 0.109.